The first-order chi connectivity index (χ1) is 9.85. The van der Waals surface area contributed by atoms with Crippen molar-refractivity contribution in [3.63, 3.8) is 0 Å². The molecule has 0 N–H and O–H groups in total. The van der Waals surface area contributed by atoms with Gasteiger partial charge >= 0.3 is 5.97 Å². The lowest BCUT2D eigenvalue weighted by Crippen LogP contribution is -2.57. The Morgan fingerprint density at radius 3 is 2.05 bits per heavy atom. The van der Waals surface area contributed by atoms with Crippen molar-refractivity contribution in [2.24, 2.45) is 23.2 Å². The van der Waals surface area contributed by atoms with Gasteiger partial charge in [0.05, 0.1) is 12.2 Å². The molecule has 0 aromatic rings. The molecule has 0 heterocycles. The van der Waals surface area contributed by atoms with E-state index in [-0.39, 0.29) is 18.0 Å². The highest BCUT2D eigenvalue weighted by molar-refractivity contribution is 5.88. The van der Waals surface area contributed by atoms with Crippen LogP contribution in [-0.2, 0) is 14.3 Å². The summed E-state index contributed by atoms with van der Waals surface area (Å²) in [4.78, 5) is 12.2. The van der Waals surface area contributed by atoms with Crippen LogP contribution < -0.4 is 0 Å². The molecular weight excluding hydrogens is 264 g/mol. The van der Waals surface area contributed by atoms with Gasteiger partial charge in [0.15, 0.2) is 0 Å². The average molecular weight is 292 g/mol. The molecule has 4 rings (SSSR count). The highest BCUT2D eigenvalue weighted by Gasteiger charge is 2.58. The zero-order valence-corrected chi connectivity index (χ0v) is 13.6. The molecule has 4 aliphatic rings. The molecule has 0 unspecified atom stereocenters. The van der Waals surface area contributed by atoms with E-state index in [1.807, 2.05) is 0 Å². The normalized spacial score (nSPS) is 37.6. The van der Waals surface area contributed by atoms with Gasteiger partial charge in [-0.2, -0.15) is 0 Å². The van der Waals surface area contributed by atoms with Crippen LogP contribution in [0, 0.1) is 23.2 Å². The van der Waals surface area contributed by atoms with Gasteiger partial charge in [0.25, 0.3) is 0 Å². The molecule has 4 bridgehead atoms. The van der Waals surface area contributed by atoms with Gasteiger partial charge in [-0.1, -0.05) is 6.58 Å². The number of carbonyl (C=O) groups is 1. The van der Waals surface area contributed by atoms with Crippen molar-refractivity contribution >= 4 is 5.97 Å². The van der Waals surface area contributed by atoms with E-state index in [1.165, 1.54) is 38.5 Å². The average Bonchev–Trinajstić information content (AvgIpc) is 2.36. The molecule has 3 nitrogen and oxygen atoms in total. The molecule has 0 saturated heterocycles. The van der Waals surface area contributed by atoms with E-state index in [2.05, 4.69) is 20.4 Å². The van der Waals surface area contributed by atoms with E-state index in [9.17, 15) is 4.79 Å². The largest absolute Gasteiger partial charge is 0.456 e. The number of ether oxygens (including phenoxy) is 2. The van der Waals surface area contributed by atoms with Crippen LogP contribution >= 0.6 is 0 Å². The Balaban J connectivity index is 1.75. The highest BCUT2D eigenvalue weighted by Crippen LogP contribution is 2.64. The van der Waals surface area contributed by atoms with Crippen LogP contribution in [-0.4, -0.2) is 25.3 Å². The van der Waals surface area contributed by atoms with E-state index in [0.29, 0.717) is 5.57 Å². The first-order valence-corrected chi connectivity index (χ1v) is 8.25. The number of hydrogen-bond acceptors (Lipinski definition) is 3. The Morgan fingerprint density at radius 2 is 1.62 bits per heavy atom. The van der Waals surface area contributed by atoms with Gasteiger partial charge in [-0.15, -0.1) is 0 Å². The van der Waals surface area contributed by atoms with Gasteiger partial charge < -0.3 is 9.47 Å². The van der Waals surface area contributed by atoms with Crippen molar-refractivity contribution in [2.45, 2.75) is 58.0 Å². The first kappa shape index (κ1) is 15.1. The van der Waals surface area contributed by atoms with Gasteiger partial charge in [-0.3, -0.25) is 0 Å². The van der Waals surface area contributed by atoms with Crippen LogP contribution in [0.3, 0.4) is 0 Å². The van der Waals surface area contributed by atoms with Crippen molar-refractivity contribution in [1.29, 1.82) is 0 Å². The Morgan fingerprint density at radius 1 is 1.14 bits per heavy atom. The van der Waals surface area contributed by atoms with Crippen LogP contribution in [0.5, 0.6) is 0 Å². The summed E-state index contributed by atoms with van der Waals surface area (Å²) >= 11 is 0. The molecule has 4 fully saturated rings. The summed E-state index contributed by atoms with van der Waals surface area (Å²) in [6, 6.07) is 0. The molecule has 21 heavy (non-hydrogen) atoms. The van der Waals surface area contributed by atoms with Gasteiger partial charge in [-0.25, -0.2) is 4.79 Å². The number of methoxy groups -OCH3 is 1. The fourth-order valence-electron chi connectivity index (χ4n) is 5.49. The molecule has 0 amide bonds. The second-order valence-electron chi connectivity index (χ2n) is 8.13. The number of hydrogen-bond donors (Lipinski definition) is 0. The lowest BCUT2D eigenvalue weighted by atomic mass is 9.46. The zero-order valence-electron chi connectivity index (χ0n) is 13.6. The van der Waals surface area contributed by atoms with Gasteiger partial charge in [0.2, 0.25) is 0 Å². The Labute approximate surface area is 128 Å². The third-order valence-electron chi connectivity index (χ3n) is 6.27. The van der Waals surface area contributed by atoms with E-state index < -0.39 is 5.60 Å². The summed E-state index contributed by atoms with van der Waals surface area (Å²) in [5, 5.41) is 0. The zero-order chi connectivity index (χ0) is 15.3. The Hall–Kier alpha value is -0.830. The van der Waals surface area contributed by atoms with Crippen molar-refractivity contribution in [3.05, 3.63) is 12.2 Å². The molecular formula is C18H28O3. The van der Waals surface area contributed by atoms with Gasteiger partial charge in [-0.05, 0) is 70.1 Å². The second kappa shape index (κ2) is 5.12. The van der Waals surface area contributed by atoms with Crippen LogP contribution in [0.25, 0.3) is 0 Å². The standard InChI is InChI=1S/C18H28O3/c1-12(11-20-4)16(19)21-17(2,3)18-8-13-5-14(9-18)7-15(6-13)10-18/h13-15H,1,5-11H2,2-4H3. The lowest BCUT2D eigenvalue weighted by molar-refractivity contribution is -0.195. The highest BCUT2D eigenvalue weighted by atomic mass is 16.6. The summed E-state index contributed by atoms with van der Waals surface area (Å²) in [6.45, 7) is 8.24. The van der Waals surface area contributed by atoms with Crippen molar-refractivity contribution in [2.75, 3.05) is 13.7 Å². The SMILES string of the molecule is C=C(COC)C(=O)OC(C)(C)C12CC3CC(CC(C3)C1)C2. The van der Waals surface area contributed by atoms with Crippen molar-refractivity contribution in [1.82, 2.24) is 0 Å². The van der Waals surface area contributed by atoms with E-state index in [4.69, 9.17) is 9.47 Å². The number of rotatable bonds is 5. The Bertz CT molecular complexity index is 414. The maximum absolute atomic E-state index is 12.2. The molecule has 0 atom stereocenters. The monoisotopic (exact) mass is 292 g/mol. The van der Waals surface area contributed by atoms with Gasteiger partial charge in [0, 0.05) is 12.5 Å². The minimum absolute atomic E-state index is 0.185. The molecule has 3 heteroatoms. The number of esters is 1. The van der Waals surface area contributed by atoms with E-state index >= 15 is 0 Å². The fourth-order valence-corrected chi connectivity index (χ4v) is 5.49. The lowest BCUT2D eigenvalue weighted by Gasteiger charge is -2.61. The molecule has 4 aliphatic carbocycles. The maximum Gasteiger partial charge on any atom is 0.336 e. The summed E-state index contributed by atoms with van der Waals surface area (Å²) < 4.78 is 10.9. The van der Waals surface area contributed by atoms with Crippen molar-refractivity contribution < 1.29 is 14.3 Å². The Kier molecular flexibility index (Phi) is 3.67. The summed E-state index contributed by atoms with van der Waals surface area (Å²) in [5.74, 6) is 2.28. The maximum atomic E-state index is 12.2. The summed E-state index contributed by atoms with van der Waals surface area (Å²) in [7, 11) is 1.57. The van der Waals surface area contributed by atoms with Crippen molar-refractivity contribution in [3.8, 4) is 0 Å². The van der Waals surface area contributed by atoms with E-state index in [1.54, 1.807) is 7.11 Å². The first-order valence-electron chi connectivity index (χ1n) is 8.25. The molecule has 0 aliphatic heterocycles. The smallest absolute Gasteiger partial charge is 0.336 e. The number of carbonyl (C=O) groups excluding carboxylic acids is 1. The summed E-state index contributed by atoms with van der Waals surface area (Å²) in [5.41, 5.74) is 0.192. The topological polar surface area (TPSA) is 35.5 Å². The molecule has 118 valence electrons. The minimum Gasteiger partial charge on any atom is -0.456 e. The van der Waals surface area contributed by atoms with Crippen LogP contribution in [0.1, 0.15) is 52.4 Å². The second-order valence-corrected chi connectivity index (χ2v) is 8.13. The molecule has 0 spiro atoms. The molecule has 0 aromatic heterocycles. The summed E-state index contributed by atoms with van der Waals surface area (Å²) in [6.07, 6.45) is 7.90. The van der Waals surface area contributed by atoms with Crippen LogP contribution in [0.2, 0.25) is 0 Å². The van der Waals surface area contributed by atoms with Crippen LogP contribution in [0.15, 0.2) is 12.2 Å². The van der Waals surface area contributed by atoms with Gasteiger partial charge in [0.1, 0.15) is 5.60 Å². The fraction of sp³-hybridized carbons (Fsp3) is 0.833. The quantitative estimate of drug-likeness (QED) is 0.572. The predicted octanol–water partition coefficient (Wildman–Crippen LogP) is 3.73. The molecule has 0 radical (unpaired) electrons. The third-order valence-corrected chi connectivity index (χ3v) is 6.27. The molecule has 0 aromatic carbocycles. The minimum atomic E-state index is -0.406. The third kappa shape index (κ3) is 2.54. The van der Waals surface area contributed by atoms with Crippen LogP contribution in [0.4, 0.5) is 0 Å². The molecule has 4 saturated carbocycles. The van der Waals surface area contributed by atoms with E-state index in [0.717, 1.165) is 17.8 Å². The predicted molar refractivity (Wildman–Crippen MR) is 81.8 cm³/mol.